The summed E-state index contributed by atoms with van der Waals surface area (Å²) in [7, 11) is 0. The Morgan fingerprint density at radius 3 is 2.74 bits per heavy atom. The van der Waals surface area contributed by atoms with E-state index in [9.17, 15) is 14.3 Å². The Kier molecular flexibility index (Phi) is 5.52. The van der Waals surface area contributed by atoms with Crippen LogP contribution in [0.3, 0.4) is 0 Å². The highest BCUT2D eigenvalue weighted by molar-refractivity contribution is 5.79. The Morgan fingerprint density at radius 2 is 2.03 bits per heavy atom. The fourth-order valence-electron chi connectivity index (χ4n) is 5.58. The van der Waals surface area contributed by atoms with Crippen molar-refractivity contribution in [2.24, 2.45) is 11.8 Å². The van der Waals surface area contributed by atoms with E-state index in [-0.39, 0.29) is 17.6 Å². The Bertz CT molecular complexity index is 924. The molecule has 4 fully saturated rings. The van der Waals surface area contributed by atoms with Gasteiger partial charge in [0.05, 0.1) is 18.7 Å². The summed E-state index contributed by atoms with van der Waals surface area (Å²) in [5.74, 6) is 0.181. The average molecular weight is 428 g/mol. The van der Waals surface area contributed by atoms with Crippen molar-refractivity contribution in [3.05, 3.63) is 47.5 Å². The zero-order valence-corrected chi connectivity index (χ0v) is 17.7. The van der Waals surface area contributed by atoms with Gasteiger partial charge in [-0.05, 0) is 55.8 Å². The molecule has 166 valence electrons. The van der Waals surface area contributed by atoms with Gasteiger partial charge in [0.25, 0.3) is 0 Å². The number of benzene rings is 1. The minimum Gasteiger partial charge on any atom is -0.383 e. The number of nitrogens with zero attached hydrogens (tertiary/aromatic N) is 4. The van der Waals surface area contributed by atoms with Crippen LogP contribution in [0.1, 0.15) is 49.8 Å². The van der Waals surface area contributed by atoms with Crippen molar-refractivity contribution in [3.63, 3.8) is 0 Å². The van der Waals surface area contributed by atoms with E-state index in [1.807, 2.05) is 10.9 Å². The lowest BCUT2D eigenvalue weighted by Crippen LogP contribution is -2.58. The number of carbonyl (C=O) groups excluding carboxylic acids is 1. The number of amides is 1. The molecule has 4 heterocycles. The fraction of sp³-hybridized carbons (Fsp3) is 0.609. The van der Waals surface area contributed by atoms with Gasteiger partial charge < -0.3 is 10.4 Å². The summed E-state index contributed by atoms with van der Waals surface area (Å²) in [6.07, 6.45) is 7.50. The summed E-state index contributed by atoms with van der Waals surface area (Å²) < 4.78 is 14.9. The van der Waals surface area contributed by atoms with E-state index in [0.29, 0.717) is 24.2 Å². The van der Waals surface area contributed by atoms with Crippen LogP contribution in [0.4, 0.5) is 4.39 Å². The summed E-state index contributed by atoms with van der Waals surface area (Å²) in [4.78, 5) is 15.2. The van der Waals surface area contributed by atoms with Crippen LogP contribution in [0, 0.1) is 17.7 Å². The van der Waals surface area contributed by atoms with Crippen LogP contribution < -0.4 is 5.32 Å². The molecular weight excluding hydrogens is 397 g/mol. The van der Waals surface area contributed by atoms with Crippen molar-refractivity contribution in [1.82, 2.24) is 25.2 Å². The third kappa shape index (κ3) is 4.23. The van der Waals surface area contributed by atoms with Crippen LogP contribution in [0.5, 0.6) is 0 Å². The quantitative estimate of drug-likeness (QED) is 0.739. The Labute approximate surface area is 181 Å². The van der Waals surface area contributed by atoms with E-state index >= 15 is 0 Å². The molecule has 8 heteroatoms. The summed E-state index contributed by atoms with van der Waals surface area (Å²) in [6, 6.07) is 6.59. The predicted octanol–water partition coefficient (Wildman–Crippen LogP) is 2.21. The summed E-state index contributed by atoms with van der Waals surface area (Å²) in [6.45, 7) is 2.93. The first-order valence-electron chi connectivity index (χ1n) is 11.4. The van der Waals surface area contributed by atoms with Crippen LogP contribution >= 0.6 is 0 Å². The minimum absolute atomic E-state index is 0.00374. The lowest BCUT2D eigenvalue weighted by molar-refractivity contribution is -0.133. The van der Waals surface area contributed by atoms with Gasteiger partial charge in [0.1, 0.15) is 17.1 Å². The molecular formula is C23H30FN5O2. The monoisotopic (exact) mass is 427 g/mol. The highest BCUT2D eigenvalue weighted by Crippen LogP contribution is 2.39. The number of halogens is 1. The van der Waals surface area contributed by atoms with Crippen molar-refractivity contribution in [2.45, 2.75) is 63.3 Å². The topological polar surface area (TPSA) is 83.3 Å². The molecule has 6 rings (SSSR count). The molecule has 7 nitrogen and oxygen atoms in total. The zero-order chi connectivity index (χ0) is 21.4. The van der Waals surface area contributed by atoms with Gasteiger partial charge in [-0.2, -0.15) is 0 Å². The molecule has 2 bridgehead atoms. The van der Waals surface area contributed by atoms with Crippen molar-refractivity contribution < 1.29 is 14.3 Å². The molecule has 1 aliphatic carbocycles. The van der Waals surface area contributed by atoms with Crippen molar-refractivity contribution in [2.75, 3.05) is 13.1 Å². The van der Waals surface area contributed by atoms with E-state index in [2.05, 4.69) is 20.5 Å². The van der Waals surface area contributed by atoms with Gasteiger partial charge >= 0.3 is 0 Å². The number of hydrogen-bond donors (Lipinski definition) is 2. The van der Waals surface area contributed by atoms with Crippen molar-refractivity contribution >= 4 is 5.91 Å². The number of aliphatic hydroxyl groups is 1. The van der Waals surface area contributed by atoms with Gasteiger partial charge in [-0.3, -0.25) is 14.4 Å². The summed E-state index contributed by atoms with van der Waals surface area (Å²) in [5, 5.41) is 22.3. The third-order valence-corrected chi connectivity index (χ3v) is 7.44. The normalized spacial score (nSPS) is 29.2. The summed E-state index contributed by atoms with van der Waals surface area (Å²) in [5.41, 5.74) is 0.788. The van der Waals surface area contributed by atoms with Crippen LogP contribution in [0.25, 0.3) is 0 Å². The average Bonchev–Trinajstić information content (AvgIpc) is 3.44. The molecule has 1 aromatic heterocycles. The van der Waals surface area contributed by atoms with Gasteiger partial charge in [0, 0.05) is 19.1 Å². The minimum atomic E-state index is -0.808. The molecule has 4 atom stereocenters. The number of carbonyl (C=O) groups is 1. The van der Waals surface area contributed by atoms with Crippen molar-refractivity contribution in [3.8, 4) is 0 Å². The zero-order valence-electron chi connectivity index (χ0n) is 17.7. The molecule has 0 spiro atoms. The largest absolute Gasteiger partial charge is 0.383 e. The first-order chi connectivity index (χ1) is 15.0. The molecule has 4 aliphatic rings. The highest BCUT2D eigenvalue weighted by atomic mass is 19.1. The maximum atomic E-state index is 13.1. The number of aromatic nitrogens is 3. The first kappa shape index (κ1) is 20.6. The number of fused-ring (bicyclic) bond motifs is 3. The van der Waals surface area contributed by atoms with Crippen LogP contribution in [0.15, 0.2) is 30.5 Å². The molecule has 1 saturated carbocycles. The summed E-state index contributed by atoms with van der Waals surface area (Å²) >= 11 is 0. The standard InChI is InChI=1S/C23H30FN5O2/c24-18-5-3-16(4-6-18)12-25-22(30)20-14-28-10-7-17(20)11-19(28)13-29-15-21(26-27-29)23(31)8-1-2-9-23/h3-6,15,17,19-20,31H,1-2,7-14H2,(H,25,30)/t17?,19-,20+/m1/s1. The third-order valence-electron chi connectivity index (χ3n) is 7.44. The molecule has 3 aliphatic heterocycles. The molecule has 2 unspecified atom stereocenters. The van der Waals surface area contributed by atoms with Crippen LogP contribution in [-0.4, -0.2) is 50.0 Å². The fourth-order valence-corrected chi connectivity index (χ4v) is 5.58. The first-order valence-corrected chi connectivity index (χ1v) is 11.4. The van der Waals surface area contributed by atoms with E-state index in [0.717, 1.165) is 63.7 Å². The Morgan fingerprint density at radius 1 is 1.26 bits per heavy atom. The van der Waals surface area contributed by atoms with E-state index < -0.39 is 5.60 Å². The molecule has 3 saturated heterocycles. The number of nitrogens with one attached hydrogen (secondary N) is 1. The van der Waals surface area contributed by atoms with Crippen LogP contribution in [-0.2, 0) is 23.5 Å². The number of rotatable bonds is 6. The van der Waals surface area contributed by atoms with E-state index in [1.54, 1.807) is 12.1 Å². The predicted molar refractivity (Wildman–Crippen MR) is 112 cm³/mol. The smallest absolute Gasteiger partial charge is 0.224 e. The Balaban J connectivity index is 1.17. The lowest BCUT2D eigenvalue weighted by atomic mass is 9.75. The molecule has 1 aromatic carbocycles. The number of piperidine rings is 3. The molecule has 2 N–H and O–H groups in total. The maximum absolute atomic E-state index is 13.1. The molecule has 1 amide bonds. The van der Waals surface area contributed by atoms with Gasteiger partial charge in [0.15, 0.2) is 0 Å². The lowest BCUT2D eigenvalue weighted by Gasteiger charge is -2.49. The maximum Gasteiger partial charge on any atom is 0.224 e. The molecule has 0 radical (unpaired) electrons. The molecule has 31 heavy (non-hydrogen) atoms. The van der Waals surface area contributed by atoms with Crippen LogP contribution in [0.2, 0.25) is 0 Å². The van der Waals surface area contributed by atoms with E-state index in [4.69, 9.17) is 0 Å². The second-order valence-corrected chi connectivity index (χ2v) is 9.45. The van der Waals surface area contributed by atoms with Gasteiger partial charge in [0.2, 0.25) is 5.91 Å². The van der Waals surface area contributed by atoms with Crippen molar-refractivity contribution in [1.29, 1.82) is 0 Å². The SMILES string of the molecule is O=C(NCc1ccc(F)cc1)[C@H]1CN2CCC1C[C@@H]2Cn1cc(C2(O)CCCC2)nn1. The van der Waals surface area contributed by atoms with Gasteiger partial charge in [-0.25, -0.2) is 4.39 Å². The second-order valence-electron chi connectivity index (χ2n) is 9.45. The van der Waals surface area contributed by atoms with E-state index in [1.165, 1.54) is 12.1 Å². The van der Waals surface area contributed by atoms with Gasteiger partial charge in [-0.1, -0.05) is 30.2 Å². The Hall–Kier alpha value is -2.32. The number of hydrogen-bond acceptors (Lipinski definition) is 5. The second kappa shape index (κ2) is 8.31. The van der Waals surface area contributed by atoms with Gasteiger partial charge in [-0.15, -0.1) is 5.10 Å². The molecule has 2 aromatic rings. The highest BCUT2D eigenvalue weighted by Gasteiger charge is 2.43.